The lowest BCUT2D eigenvalue weighted by Gasteiger charge is -2.12. The van der Waals surface area contributed by atoms with E-state index in [-0.39, 0.29) is 12.3 Å². The lowest BCUT2D eigenvalue weighted by atomic mass is 10.0. The quantitative estimate of drug-likeness (QED) is 0.745. The molecule has 1 heterocycles. The number of hydrogen-bond acceptors (Lipinski definition) is 4. The summed E-state index contributed by atoms with van der Waals surface area (Å²) in [5, 5.41) is 20.4. The smallest absolute Gasteiger partial charge is 0.303 e. The van der Waals surface area contributed by atoms with Gasteiger partial charge in [-0.3, -0.25) is 4.79 Å². The average Bonchev–Trinajstić information content (AvgIpc) is 2.72. The molecule has 96 valence electrons. The number of carbonyl (C=O) groups is 1. The van der Waals surface area contributed by atoms with Crippen LogP contribution in [0.25, 0.3) is 0 Å². The van der Waals surface area contributed by atoms with Crippen LogP contribution >= 0.6 is 0 Å². The van der Waals surface area contributed by atoms with Gasteiger partial charge >= 0.3 is 5.97 Å². The Morgan fingerprint density at radius 3 is 2.82 bits per heavy atom. The molecule has 0 spiro atoms. The van der Waals surface area contributed by atoms with Crippen molar-refractivity contribution in [1.82, 2.24) is 20.2 Å². The summed E-state index contributed by atoms with van der Waals surface area (Å²) in [6.45, 7) is 4.70. The molecule has 1 aromatic heterocycles. The normalized spacial score (nSPS) is 12.6. The van der Waals surface area contributed by atoms with Crippen LogP contribution in [0, 0.1) is 5.92 Å². The van der Waals surface area contributed by atoms with Crippen molar-refractivity contribution in [3.63, 3.8) is 0 Å². The molecule has 0 amide bonds. The Hall–Kier alpha value is -1.46. The third-order valence-corrected chi connectivity index (χ3v) is 2.83. The summed E-state index contributed by atoms with van der Waals surface area (Å²) in [4.78, 5) is 10.7. The van der Waals surface area contributed by atoms with Gasteiger partial charge in [-0.1, -0.05) is 26.7 Å². The van der Waals surface area contributed by atoms with E-state index in [0.717, 1.165) is 31.5 Å². The number of rotatable bonds is 8. The summed E-state index contributed by atoms with van der Waals surface area (Å²) in [7, 11) is 0. The van der Waals surface area contributed by atoms with Crippen LogP contribution in [0.4, 0.5) is 0 Å². The summed E-state index contributed by atoms with van der Waals surface area (Å²) in [5.74, 6) is 0.187. The Morgan fingerprint density at radius 2 is 2.24 bits per heavy atom. The van der Waals surface area contributed by atoms with Crippen LogP contribution in [0.5, 0.6) is 0 Å². The number of tetrazole rings is 1. The number of aromatic nitrogens is 4. The van der Waals surface area contributed by atoms with Gasteiger partial charge in [0, 0.05) is 19.4 Å². The van der Waals surface area contributed by atoms with E-state index >= 15 is 0 Å². The molecule has 1 rings (SSSR count). The number of carboxylic acid groups (broad SMARTS) is 1. The SMILES string of the molecule is CCCCc1nnnn1CC(CC)CC(=O)O. The molecule has 0 aromatic carbocycles. The zero-order valence-corrected chi connectivity index (χ0v) is 10.5. The standard InChI is InChI=1S/C11H20N4O2/c1-3-5-6-10-12-13-14-15(10)8-9(4-2)7-11(16)17/h9H,3-8H2,1-2H3,(H,16,17). The Bertz CT molecular complexity index is 351. The molecule has 6 heteroatoms. The second-order valence-corrected chi connectivity index (χ2v) is 4.25. The van der Waals surface area contributed by atoms with Gasteiger partial charge in [0.05, 0.1) is 0 Å². The van der Waals surface area contributed by atoms with Crippen molar-refractivity contribution < 1.29 is 9.90 Å². The van der Waals surface area contributed by atoms with Crippen LogP contribution in [0.2, 0.25) is 0 Å². The van der Waals surface area contributed by atoms with Crippen molar-refractivity contribution in [2.24, 2.45) is 5.92 Å². The van der Waals surface area contributed by atoms with E-state index in [1.807, 2.05) is 6.92 Å². The number of aliphatic carboxylic acids is 1. The van der Waals surface area contributed by atoms with E-state index in [9.17, 15) is 4.79 Å². The maximum Gasteiger partial charge on any atom is 0.303 e. The first-order chi connectivity index (χ1) is 8.17. The molecular formula is C11H20N4O2. The molecule has 0 aliphatic heterocycles. The van der Waals surface area contributed by atoms with Crippen molar-refractivity contribution >= 4 is 5.97 Å². The van der Waals surface area contributed by atoms with Crippen LogP contribution in [0.1, 0.15) is 45.4 Å². The second-order valence-electron chi connectivity index (χ2n) is 4.25. The molecule has 1 atom stereocenters. The first-order valence-corrected chi connectivity index (χ1v) is 6.14. The lowest BCUT2D eigenvalue weighted by molar-refractivity contribution is -0.138. The average molecular weight is 240 g/mol. The van der Waals surface area contributed by atoms with Crippen molar-refractivity contribution in [1.29, 1.82) is 0 Å². The molecular weight excluding hydrogens is 220 g/mol. The molecule has 0 fully saturated rings. The van der Waals surface area contributed by atoms with Crippen molar-refractivity contribution in [2.45, 2.75) is 52.5 Å². The van der Waals surface area contributed by atoms with Crippen molar-refractivity contribution in [2.75, 3.05) is 0 Å². The fraction of sp³-hybridized carbons (Fsp3) is 0.818. The van der Waals surface area contributed by atoms with Gasteiger partial charge in [-0.15, -0.1) is 5.10 Å². The third kappa shape index (κ3) is 4.50. The molecule has 6 nitrogen and oxygen atoms in total. The predicted molar refractivity (Wildman–Crippen MR) is 62.5 cm³/mol. The van der Waals surface area contributed by atoms with Gasteiger partial charge in [-0.05, 0) is 22.8 Å². The summed E-state index contributed by atoms with van der Waals surface area (Å²) < 4.78 is 1.74. The minimum atomic E-state index is -0.764. The van der Waals surface area contributed by atoms with Gasteiger partial charge in [0.25, 0.3) is 0 Å². The number of aryl methyl sites for hydroxylation is 1. The van der Waals surface area contributed by atoms with Gasteiger partial charge < -0.3 is 5.11 Å². The van der Waals surface area contributed by atoms with E-state index < -0.39 is 5.97 Å². The fourth-order valence-corrected chi connectivity index (χ4v) is 1.71. The van der Waals surface area contributed by atoms with Crippen LogP contribution < -0.4 is 0 Å². The van der Waals surface area contributed by atoms with E-state index in [2.05, 4.69) is 22.4 Å². The molecule has 0 saturated carbocycles. The Morgan fingerprint density at radius 1 is 1.47 bits per heavy atom. The van der Waals surface area contributed by atoms with Gasteiger partial charge in [0.2, 0.25) is 0 Å². The fourth-order valence-electron chi connectivity index (χ4n) is 1.71. The predicted octanol–water partition coefficient (Wildman–Crippen LogP) is 1.52. The first kappa shape index (κ1) is 13.6. The largest absolute Gasteiger partial charge is 0.481 e. The second kappa shape index (κ2) is 6.98. The highest BCUT2D eigenvalue weighted by molar-refractivity contribution is 5.66. The lowest BCUT2D eigenvalue weighted by Crippen LogP contribution is -2.17. The Labute approximate surface area is 101 Å². The maximum atomic E-state index is 10.7. The highest BCUT2D eigenvalue weighted by Crippen LogP contribution is 2.12. The summed E-state index contributed by atoms with van der Waals surface area (Å²) in [6.07, 6.45) is 3.99. The summed E-state index contributed by atoms with van der Waals surface area (Å²) >= 11 is 0. The van der Waals surface area contributed by atoms with Crippen LogP contribution in [0.15, 0.2) is 0 Å². The number of hydrogen-bond donors (Lipinski definition) is 1. The monoisotopic (exact) mass is 240 g/mol. The molecule has 1 unspecified atom stereocenters. The summed E-state index contributed by atoms with van der Waals surface area (Å²) in [5.41, 5.74) is 0. The molecule has 0 radical (unpaired) electrons. The van der Waals surface area contributed by atoms with E-state index in [1.54, 1.807) is 4.68 Å². The number of carboxylic acids is 1. The molecule has 1 N–H and O–H groups in total. The van der Waals surface area contributed by atoms with Crippen molar-refractivity contribution in [3.05, 3.63) is 5.82 Å². The Kier molecular flexibility index (Phi) is 5.59. The summed E-state index contributed by atoms with van der Waals surface area (Å²) in [6, 6.07) is 0. The van der Waals surface area contributed by atoms with Gasteiger partial charge in [0.1, 0.15) is 0 Å². The highest BCUT2D eigenvalue weighted by atomic mass is 16.4. The van der Waals surface area contributed by atoms with Gasteiger partial charge in [-0.2, -0.15) is 0 Å². The zero-order chi connectivity index (χ0) is 12.7. The van der Waals surface area contributed by atoms with Crippen LogP contribution in [-0.2, 0) is 17.8 Å². The van der Waals surface area contributed by atoms with Crippen molar-refractivity contribution in [3.8, 4) is 0 Å². The molecule has 0 aliphatic carbocycles. The highest BCUT2D eigenvalue weighted by Gasteiger charge is 2.15. The first-order valence-electron chi connectivity index (χ1n) is 6.14. The molecule has 0 aliphatic rings. The van der Waals surface area contributed by atoms with E-state index in [4.69, 9.17) is 5.11 Å². The third-order valence-electron chi connectivity index (χ3n) is 2.83. The minimum absolute atomic E-state index is 0.0939. The molecule has 17 heavy (non-hydrogen) atoms. The topological polar surface area (TPSA) is 80.9 Å². The van der Waals surface area contributed by atoms with Crippen LogP contribution in [0.3, 0.4) is 0 Å². The zero-order valence-electron chi connectivity index (χ0n) is 10.5. The van der Waals surface area contributed by atoms with E-state index in [1.165, 1.54) is 0 Å². The maximum absolute atomic E-state index is 10.7. The van der Waals surface area contributed by atoms with E-state index in [0.29, 0.717) is 6.54 Å². The molecule has 0 saturated heterocycles. The molecule has 1 aromatic rings. The number of unbranched alkanes of at least 4 members (excludes halogenated alkanes) is 1. The minimum Gasteiger partial charge on any atom is -0.481 e. The van der Waals surface area contributed by atoms with Gasteiger partial charge in [0.15, 0.2) is 5.82 Å². The number of nitrogens with zero attached hydrogens (tertiary/aromatic N) is 4. The molecule has 0 bridgehead atoms. The Balaban J connectivity index is 2.59. The van der Waals surface area contributed by atoms with Crippen LogP contribution in [-0.4, -0.2) is 31.3 Å². The van der Waals surface area contributed by atoms with Gasteiger partial charge in [-0.25, -0.2) is 4.68 Å².